The van der Waals surface area contributed by atoms with Crippen LogP contribution in [0, 0.1) is 17.3 Å². The predicted octanol–water partition coefficient (Wildman–Crippen LogP) is 3.12. The molecule has 2 bridgehead atoms. The Morgan fingerprint density at radius 1 is 1.11 bits per heavy atom. The van der Waals surface area contributed by atoms with E-state index >= 15 is 0 Å². The van der Waals surface area contributed by atoms with Crippen LogP contribution >= 0.6 is 0 Å². The molecule has 250 valence electrons. The minimum absolute atomic E-state index is 0.0103. The quantitative estimate of drug-likeness (QED) is 0.294. The smallest absolute Gasteiger partial charge is 0.482 e. The van der Waals surface area contributed by atoms with E-state index in [9.17, 15) is 9.59 Å². The molecule has 2 saturated heterocycles. The monoisotopic (exact) mass is 626 g/mol. The lowest BCUT2D eigenvalue weighted by Crippen LogP contribution is -2.65. The SMILES string of the molecule is COc1c(CC(NC(=O)CN2CCN(CCN(C)C)CC2)B2OC3CC4CC(C4(C)C)C3(C)O2)cccc1C(=O)OC(C)(C)C. The molecule has 1 N–H and O–H groups in total. The van der Waals surface area contributed by atoms with Crippen molar-refractivity contribution in [1.82, 2.24) is 20.0 Å². The van der Waals surface area contributed by atoms with E-state index in [4.69, 9.17) is 18.8 Å². The summed E-state index contributed by atoms with van der Waals surface area (Å²) in [5, 5.41) is 3.30. The van der Waals surface area contributed by atoms with E-state index in [2.05, 4.69) is 54.9 Å². The third-order valence-electron chi connectivity index (χ3n) is 10.7. The zero-order valence-electron chi connectivity index (χ0n) is 29.0. The summed E-state index contributed by atoms with van der Waals surface area (Å²) in [4.78, 5) is 33.6. The molecular weight excluding hydrogens is 571 g/mol. The molecule has 1 amide bonds. The van der Waals surface area contributed by atoms with Gasteiger partial charge in [0, 0.05) is 39.3 Å². The molecule has 5 aliphatic rings. The lowest BCUT2D eigenvalue weighted by Gasteiger charge is -2.64. The average molecular weight is 627 g/mol. The minimum Gasteiger partial charge on any atom is -0.496 e. The van der Waals surface area contributed by atoms with Gasteiger partial charge in [0.1, 0.15) is 16.9 Å². The van der Waals surface area contributed by atoms with Crippen LogP contribution < -0.4 is 10.1 Å². The Morgan fingerprint density at radius 3 is 2.42 bits per heavy atom. The molecule has 2 aliphatic heterocycles. The Balaban J connectivity index is 1.33. The molecule has 10 nitrogen and oxygen atoms in total. The number of rotatable bonds is 11. The third-order valence-corrected chi connectivity index (χ3v) is 10.7. The highest BCUT2D eigenvalue weighted by atomic mass is 16.7. The molecular formula is C34H55BN4O6. The largest absolute Gasteiger partial charge is 0.496 e. The lowest BCUT2D eigenvalue weighted by atomic mass is 9.43. The normalized spacial score (nSPS) is 28.8. The molecule has 11 heteroatoms. The Hall–Kier alpha value is -2.18. The number of carbonyl (C=O) groups excluding carboxylic acids is 2. The van der Waals surface area contributed by atoms with E-state index in [1.54, 1.807) is 13.2 Å². The van der Waals surface area contributed by atoms with Gasteiger partial charge in [-0.3, -0.25) is 14.6 Å². The Kier molecular flexibility index (Phi) is 9.98. The van der Waals surface area contributed by atoms with Gasteiger partial charge in [-0.1, -0.05) is 26.0 Å². The first kappa shape index (κ1) is 34.2. The highest BCUT2D eigenvalue weighted by molar-refractivity contribution is 6.48. The fourth-order valence-corrected chi connectivity index (χ4v) is 7.97. The number of hydrogen-bond donors (Lipinski definition) is 1. The third kappa shape index (κ3) is 7.38. The summed E-state index contributed by atoms with van der Waals surface area (Å²) >= 11 is 0. The minimum atomic E-state index is -0.641. The van der Waals surface area contributed by atoms with Gasteiger partial charge in [-0.2, -0.15) is 0 Å². The molecule has 3 aliphatic carbocycles. The summed E-state index contributed by atoms with van der Waals surface area (Å²) in [6.45, 7) is 18.4. The van der Waals surface area contributed by atoms with Crippen LogP contribution in [-0.4, -0.2) is 124 Å². The second-order valence-corrected chi connectivity index (χ2v) is 15.6. The van der Waals surface area contributed by atoms with Gasteiger partial charge in [0.15, 0.2) is 0 Å². The Morgan fingerprint density at radius 2 is 1.80 bits per heavy atom. The van der Waals surface area contributed by atoms with Gasteiger partial charge in [0.25, 0.3) is 0 Å². The number of nitrogens with zero attached hydrogens (tertiary/aromatic N) is 3. The number of nitrogens with one attached hydrogen (secondary N) is 1. The maximum Gasteiger partial charge on any atom is 0.482 e. The number of piperazine rings is 1. The second-order valence-electron chi connectivity index (χ2n) is 15.6. The molecule has 5 fully saturated rings. The fourth-order valence-electron chi connectivity index (χ4n) is 7.97. The fraction of sp³-hybridized carbons (Fsp3) is 0.765. The first-order valence-corrected chi connectivity index (χ1v) is 16.7. The van der Waals surface area contributed by atoms with Gasteiger partial charge in [-0.15, -0.1) is 0 Å². The van der Waals surface area contributed by atoms with Crippen molar-refractivity contribution in [3.8, 4) is 5.75 Å². The van der Waals surface area contributed by atoms with Gasteiger partial charge in [0.05, 0.1) is 31.3 Å². The molecule has 5 atom stereocenters. The van der Waals surface area contributed by atoms with Crippen molar-refractivity contribution in [3.63, 3.8) is 0 Å². The van der Waals surface area contributed by atoms with Crippen LogP contribution in [0.3, 0.4) is 0 Å². The van der Waals surface area contributed by atoms with Crippen LogP contribution in [0.5, 0.6) is 5.75 Å². The topological polar surface area (TPSA) is 92.8 Å². The van der Waals surface area contributed by atoms with E-state index in [1.165, 1.54) is 0 Å². The molecule has 1 aromatic rings. The maximum atomic E-state index is 13.6. The van der Waals surface area contributed by atoms with Crippen molar-refractivity contribution < 1.29 is 28.4 Å². The van der Waals surface area contributed by atoms with E-state index in [0.717, 1.165) is 57.7 Å². The van der Waals surface area contributed by atoms with E-state index in [1.807, 2.05) is 32.9 Å². The Bertz CT molecular complexity index is 1230. The van der Waals surface area contributed by atoms with Crippen LogP contribution in [0.1, 0.15) is 70.3 Å². The summed E-state index contributed by atoms with van der Waals surface area (Å²) in [6, 6.07) is 5.48. The van der Waals surface area contributed by atoms with E-state index < -0.39 is 30.2 Å². The van der Waals surface area contributed by atoms with Crippen molar-refractivity contribution in [1.29, 1.82) is 0 Å². The number of benzene rings is 1. The average Bonchev–Trinajstić information content (AvgIpc) is 3.32. The maximum absolute atomic E-state index is 13.6. The molecule has 5 unspecified atom stereocenters. The zero-order valence-corrected chi connectivity index (χ0v) is 29.0. The first-order chi connectivity index (χ1) is 21.1. The summed E-state index contributed by atoms with van der Waals surface area (Å²) in [7, 11) is 5.14. The number of likely N-dealkylation sites (N-methyl/N-ethyl adjacent to an activating group) is 1. The Labute approximate surface area is 270 Å². The number of para-hydroxylation sites is 1. The van der Waals surface area contributed by atoms with Crippen molar-refractivity contribution >= 4 is 19.0 Å². The van der Waals surface area contributed by atoms with Crippen LogP contribution in [0.25, 0.3) is 0 Å². The number of ether oxygens (including phenoxy) is 2. The molecule has 3 saturated carbocycles. The molecule has 0 aromatic heterocycles. The lowest BCUT2D eigenvalue weighted by molar-refractivity contribution is -0.199. The van der Waals surface area contributed by atoms with Gasteiger partial charge in [-0.25, -0.2) is 4.79 Å². The molecule has 6 rings (SSSR count). The number of carbonyl (C=O) groups is 2. The predicted molar refractivity (Wildman–Crippen MR) is 175 cm³/mol. The molecule has 2 heterocycles. The van der Waals surface area contributed by atoms with Gasteiger partial charge in [0.2, 0.25) is 5.91 Å². The zero-order chi connectivity index (χ0) is 32.7. The second kappa shape index (κ2) is 13.1. The van der Waals surface area contributed by atoms with Gasteiger partial charge < -0.3 is 29.0 Å². The van der Waals surface area contributed by atoms with Crippen molar-refractivity contribution in [2.75, 3.05) is 67.0 Å². The number of amides is 1. The number of hydrogen-bond acceptors (Lipinski definition) is 9. The van der Waals surface area contributed by atoms with Gasteiger partial charge >= 0.3 is 13.1 Å². The highest BCUT2D eigenvalue weighted by Gasteiger charge is 2.68. The summed E-state index contributed by atoms with van der Waals surface area (Å²) in [5.74, 6) is 0.512. The summed E-state index contributed by atoms with van der Waals surface area (Å²) in [6.07, 6.45) is 2.49. The number of esters is 1. The van der Waals surface area contributed by atoms with Crippen molar-refractivity contribution in [2.45, 2.75) is 84.1 Å². The van der Waals surface area contributed by atoms with Crippen LogP contribution in [-0.2, 0) is 25.3 Å². The standard InChI is InChI=1S/C34H55BN4O6/c1-32(2,3)43-31(41)25-12-10-11-23(30(25)42-9)19-28(35-44-27-21-24-20-26(33(24,4)5)34(27,6)45-35)36-29(40)22-39-17-15-38(16-18-39)14-13-37(7)8/h10-12,24,26-28H,13-22H2,1-9H3,(H,36,40). The van der Waals surface area contributed by atoms with Crippen LogP contribution in [0.2, 0.25) is 0 Å². The molecule has 0 spiro atoms. The molecule has 45 heavy (non-hydrogen) atoms. The van der Waals surface area contributed by atoms with Gasteiger partial charge in [-0.05, 0) is 89.9 Å². The summed E-state index contributed by atoms with van der Waals surface area (Å²) < 4.78 is 25.0. The van der Waals surface area contributed by atoms with Crippen molar-refractivity contribution in [3.05, 3.63) is 29.3 Å². The summed E-state index contributed by atoms with van der Waals surface area (Å²) in [5.41, 5.74) is 0.313. The van der Waals surface area contributed by atoms with Crippen molar-refractivity contribution in [2.24, 2.45) is 17.3 Å². The highest BCUT2D eigenvalue weighted by Crippen LogP contribution is 2.65. The van der Waals surface area contributed by atoms with Crippen LogP contribution in [0.15, 0.2) is 18.2 Å². The number of methoxy groups -OCH3 is 1. The molecule has 0 radical (unpaired) electrons. The first-order valence-electron chi connectivity index (χ1n) is 16.7. The van der Waals surface area contributed by atoms with E-state index in [0.29, 0.717) is 36.1 Å². The van der Waals surface area contributed by atoms with E-state index in [-0.39, 0.29) is 17.4 Å². The van der Waals surface area contributed by atoms with Crippen LogP contribution in [0.4, 0.5) is 0 Å². The molecule has 1 aromatic carbocycles.